The predicted octanol–water partition coefficient (Wildman–Crippen LogP) is 2.90. The molecule has 2 fully saturated rings. The second-order valence-electron chi connectivity index (χ2n) is 5.62. The number of carbonyl (C=O) groups excluding carboxylic acids is 1. The first kappa shape index (κ1) is 13.2. The van der Waals surface area contributed by atoms with Gasteiger partial charge in [0.1, 0.15) is 5.82 Å². The Bertz CT molecular complexity index is 465. The second-order valence-corrected chi connectivity index (χ2v) is 5.62. The van der Waals surface area contributed by atoms with Gasteiger partial charge < -0.3 is 9.80 Å². The van der Waals surface area contributed by atoms with Gasteiger partial charge >= 0.3 is 0 Å². The Balaban J connectivity index is 1.83. The van der Waals surface area contributed by atoms with Crippen molar-refractivity contribution in [1.82, 2.24) is 9.80 Å². The minimum absolute atomic E-state index is 0.124. The monoisotopic (exact) mass is 270 g/mol. The van der Waals surface area contributed by atoms with Crippen LogP contribution in [0.15, 0.2) is 42.2 Å². The van der Waals surface area contributed by atoms with Crippen LogP contribution in [0.2, 0.25) is 0 Å². The van der Waals surface area contributed by atoms with Crippen molar-refractivity contribution in [2.24, 2.45) is 0 Å². The van der Waals surface area contributed by atoms with Gasteiger partial charge in [0.2, 0.25) is 0 Å². The number of allylic oxidation sites excluding steroid dienone is 1. The summed E-state index contributed by atoms with van der Waals surface area (Å²) in [4.78, 5) is 17.2. The Morgan fingerprint density at radius 2 is 1.35 bits per heavy atom. The Morgan fingerprint density at radius 1 is 0.850 bits per heavy atom. The molecule has 2 saturated heterocycles. The number of carbonyl (C=O) groups is 1. The number of ketones is 1. The van der Waals surface area contributed by atoms with Crippen LogP contribution < -0.4 is 0 Å². The molecule has 0 unspecified atom stereocenters. The van der Waals surface area contributed by atoms with E-state index in [1.807, 2.05) is 36.4 Å². The molecule has 1 aromatic carbocycles. The van der Waals surface area contributed by atoms with Gasteiger partial charge in [-0.1, -0.05) is 30.3 Å². The van der Waals surface area contributed by atoms with Crippen molar-refractivity contribution in [3.8, 4) is 0 Å². The van der Waals surface area contributed by atoms with E-state index in [1.165, 1.54) is 25.7 Å². The van der Waals surface area contributed by atoms with Gasteiger partial charge in [-0.3, -0.25) is 4.79 Å². The topological polar surface area (TPSA) is 23.6 Å². The average Bonchev–Trinajstić information content (AvgIpc) is 3.19. The fourth-order valence-electron chi connectivity index (χ4n) is 3.08. The number of rotatable bonds is 4. The molecular formula is C17H22N2O. The van der Waals surface area contributed by atoms with E-state index in [4.69, 9.17) is 0 Å². The average molecular weight is 270 g/mol. The maximum atomic E-state index is 12.4. The minimum Gasteiger partial charge on any atom is -0.358 e. The largest absolute Gasteiger partial charge is 0.358 e. The molecule has 2 aliphatic heterocycles. The molecule has 0 N–H and O–H groups in total. The highest BCUT2D eigenvalue weighted by molar-refractivity contribution is 6.04. The lowest BCUT2D eigenvalue weighted by Crippen LogP contribution is -2.32. The number of hydrogen-bond donors (Lipinski definition) is 0. The third-order valence-corrected chi connectivity index (χ3v) is 4.18. The lowest BCUT2D eigenvalue weighted by Gasteiger charge is -2.30. The maximum absolute atomic E-state index is 12.4. The van der Waals surface area contributed by atoms with Crippen molar-refractivity contribution in [1.29, 1.82) is 0 Å². The molecule has 3 heteroatoms. The summed E-state index contributed by atoms with van der Waals surface area (Å²) in [7, 11) is 0. The van der Waals surface area contributed by atoms with Gasteiger partial charge in [0, 0.05) is 37.8 Å². The molecule has 0 bridgehead atoms. The van der Waals surface area contributed by atoms with Crippen molar-refractivity contribution in [2.75, 3.05) is 26.2 Å². The quantitative estimate of drug-likeness (QED) is 0.621. The van der Waals surface area contributed by atoms with Crippen molar-refractivity contribution >= 4 is 5.78 Å². The van der Waals surface area contributed by atoms with Crippen LogP contribution in [-0.2, 0) is 0 Å². The summed E-state index contributed by atoms with van der Waals surface area (Å²) in [5.41, 5.74) is 0.781. The lowest BCUT2D eigenvalue weighted by molar-refractivity contribution is 0.103. The van der Waals surface area contributed by atoms with Crippen LogP contribution in [0.1, 0.15) is 36.0 Å². The van der Waals surface area contributed by atoms with E-state index in [9.17, 15) is 4.79 Å². The summed E-state index contributed by atoms with van der Waals surface area (Å²) in [6, 6.07) is 9.58. The van der Waals surface area contributed by atoms with E-state index in [0.29, 0.717) is 0 Å². The lowest BCUT2D eigenvalue weighted by atomic mass is 10.1. The zero-order valence-electron chi connectivity index (χ0n) is 11.9. The third-order valence-electron chi connectivity index (χ3n) is 4.18. The zero-order chi connectivity index (χ0) is 13.8. The van der Waals surface area contributed by atoms with Crippen molar-refractivity contribution in [3.63, 3.8) is 0 Å². The maximum Gasteiger partial charge on any atom is 0.189 e. The predicted molar refractivity (Wildman–Crippen MR) is 80.5 cm³/mol. The molecule has 3 nitrogen and oxygen atoms in total. The van der Waals surface area contributed by atoms with Gasteiger partial charge in [-0.2, -0.15) is 0 Å². The van der Waals surface area contributed by atoms with Gasteiger partial charge in [0.15, 0.2) is 5.78 Å². The van der Waals surface area contributed by atoms with Crippen molar-refractivity contribution < 1.29 is 4.79 Å². The van der Waals surface area contributed by atoms with Crippen LogP contribution in [0.4, 0.5) is 0 Å². The van der Waals surface area contributed by atoms with E-state index in [1.54, 1.807) is 0 Å². The zero-order valence-corrected chi connectivity index (χ0v) is 11.9. The van der Waals surface area contributed by atoms with E-state index in [2.05, 4.69) is 9.80 Å². The smallest absolute Gasteiger partial charge is 0.189 e. The third kappa shape index (κ3) is 2.87. The molecule has 2 heterocycles. The first-order chi connectivity index (χ1) is 9.84. The molecule has 1 aromatic rings. The second kappa shape index (κ2) is 6.12. The van der Waals surface area contributed by atoms with Gasteiger partial charge in [-0.15, -0.1) is 0 Å². The van der Waals surface area contributed by atoms with E-state index < -0.39 is 0 Å². The summed E-state index contributed by atoms with van der Waals surface area (Å²) in [5.74, 6) is 1.27. The highest BCUT2D eigenvalue weighted by atomic mass is 16.1. The Labute approximate surface area is 120 Å². The number of hydrogen-bond acceptors (Lipinski definition) is 3. The normalized spacial score (nSPS) is 18.4. The summed E-state index contributed by atoms with van der Waals surface area (Å²) < 4.78 is 0. The summed E-state index contributed by atoms with van der Waals surface area (Å²) in [6.45, 7) is 4.35. The van der Waals surface area contributed by atoms with Crippen LogP contribution in [-0.4, -0.2) is 41.8 Å². The van der Waals surface area contributed by atoms with Crippen molar-refractivity contribution in [2.45, 2.75) is 25.7 Å². The van der Waals surface area contributed by atoms with Gasteiger partial charge in [-0.25, -0.2) is 0 Å². The molecule has 3 rings (SSSR count). The molecule has 0 aromatic heterocycles. The summed E-state index contributed by atoms with van der Waals surface area (Å²) in [5, 5.41) is 0. The number of likely N-dealkylation sites (tertiary alicyclic amines) is 2. The standard InChI is InChI=1S/C17H22N2O/c20-16(15-8-2-1-3-9-15)14-17(18-10-4-5-11-18)19-12-6-7-13-19/h1-3,8-9,14H,4-7,10-13H2. The van der Waals surface area contributed by atoms with Crippen LogP contribution >= 0.6 is 0 Å². The van der Waals surface area contributed by atoms with E-state index in [-0.39, 0.29) is 5.78 Å². The molecule has 106 valence electrons. The molecule has 0 spiro atoms. The van der Waals surface area contributed by atoms with Gasteiger partial charge in [-0.05, 0) is 25.7 Å². The number of nitrogens with zero attached hydrogens (tertiary/aromatic N) is 2. The molecule has 2 aliphatic rings. The van der Waals surface area contributed by atoms with E-state index in [0.717, 1.165) is 37.6 Å². The molecular weight excluding hydrogens is 248 g/mol. The summed E-state index contributed by atoms with van der Waals surface area (Å²) >= 11 is 0. The fraction of sp³-hybridized carbons (Fsp3) is 0.471. The Kier molecular flexibility index (Phi) is 4.05. The first-order valence-corrected chi connectivity index (χ1v) is 7.65. The van der Waals surface area contributed by atoms with Crippen molar-refractivity contribution in [3.05, 3.63) is 47.8 Å². The van der Waals surface area contributed by atoms with E-state index >= 15 is 0 Å². The van der Waals surface area contributed by atoms with Crippen LogP contribution in [0.3, 0.4) is 0 Å². The fourth-order valence-corrected chi connectivity index (χ4v) is 3.08. The first-order valence-electron chi connectivity index (χ1n) is 7.65. The van der Waals surface area contributed by atoms with Gasteiger partial charge in [0.25, 0.3) is 0 Å². The van der Waals surface area contributed by atoms with Crippen LogP contribution in [0, 0.1) is 0 Å². The van der Waals surface area contributed by atoms with Crippen LogP contribution in [0.5, 0.6) is 0 Å². The number of benzene rings is 1. The molecule has 20 heavy (non-hydrogen) atoms. The molecule has 0 saturated carbocycles. The molecule has 0 radical (unpaired) electrons. The molecule has 0 aliphatic carbocycles. The summed E-state index contributed by atoms with van der Waals surface area (Å²) in [6.07, 6.45) is 6.82. The highest BCUT2D eigenvalue weighted by Crippen LogP contribution is 2.22. The Hall–Kier alpha value is -1.77. The highest BCUT2D eigenvalue weighted by Gasteiger charge is 2.23. The minimum atomic E-state index is 0.124. The Morgan fingerprint density at radius 3 is 1.85 bits per heavy atom. The molecule has 0 amide bonds. The SMILES string of the molecule is O=C(C=C(N1CCCC1)N1CCCC1)c1ccccc1. The van der Waals surface area contributed by atoms with Gasteiger partial charge in [0.05, 0.1) is 0 Å². The molecule has 0 atom stereocenters. The van der Waals surface area contributed by atoms with Crippen LogP contribution in [0.25, 0.3) is 0 Å².